The summed E-state index contributed by atoms with van der Waals surface area (Å²) in [6, 6.07) is 0. The highest BCUT2D eigenvalue weighted by atomic mass is 32.2. The summed E-state index contributed by atoms with van der Waals surface area (Å²) in [6.07, 6.45) is 5.05. The zero-order chi connectivity index (χ0) is 9.42. The molecule has 0 N–H and O–H groups in total. The van der Waals surface area contributed by atoms with E-state index in [9.17, 15) is 4.79 Å². The van der Waals surface area contributed by atoms with Crippen LogP contribution in [0.3, 0.4) is 0 Å². The van der Waals surface area contributed by atoms with Crippen LogP contribution in [-0.4, -0.2) is 16.3 Å². The van der Waals surface area contributed by atoms with Crippen LogP contribution in [0.1, 0.15) is 39.5 Å². The summed E-state index contributed by atoms with van der Waals surface area (Å²) in [5.74, 6) is 1.16. The maximum Gasteiger partial charge on any atom is 0.138 e. The Bertz CT molecular complexity index is 200. The molecule has 2 unspecified atom stereocenters. The van der Waals surface area contributed by atoms with Crippen LogP contribution in [0.25, 0.3) is 0 Å². The molecule has 2 rings (SSSR count). The topological polar surface area (TPSA) is 17.1 Å². The molecule has 1 nitrogen and oxygen atoms in total. The zero-order valence-corrected chi connectivity index (χ0v) is 9.27. The maximum atomic E-state index is 11.8. The first-order chi connectivity index (χ1) is 6.16. The molecule has 0 saturated carbocycles. The van der Waals surface area contributed by atoms with Crippen LogP contribution >= 0.6 is 11.8 Å². The summed E-state index contributed by atoms with van der Waals surface area (Å²) in [5.41, 5.74) is 0. The van der Waals surface area contributed by atoms with E-state index < -0.39 is 0 Å². The highest BCUT2D eigenvalue weighted by Crippen LogP contribution is 2.46. The Hall–Kier alpha value is 0.0200. The lowest BCUT2D eigenvalue weighted by Gasteiger charge is -2.27. The second-order valence-electron chi connectivity index (χ2n) is 4.68. The van der Waals surface area contributed by atoms with Crippen molar-refractivity contribution < 1.29 is 4.79 Å². The molecule has 0 aromatic rings. The Morgan fingerprint density at radius 3 is 2.23 bits per heavy atom. The smallest absolute Gasteiger partial charge is 0.138 e. The van der Waals surface area contributed by atoms with Gasteiger partial charge in [0.1, 0.15) is 5.78 Å². The number of carbonyl (C=O) groups is 1. The lowest BCUT2D eigenvalue weighted by atomic mass is 9.89. The van der Waals surface area contributed by atoms with Gasteiger partial charge >= 0.3 is 0 Å². The van der Waals surface area contributed by atoms with Crippen molar-refractivity contribution in [1.82, 2.24) is 0 Å². The molecule has 0 amide bonds. The molecular weight excluding hydrogens is 180 g/mol. The zero-order valence-electron chi connectivity index (χ0n) is 8.45. The minimum Gasteiger partial charge on any atom is -0.299 e. The van der Waals surface area contributed by atoms with E-state index in [1.807, 2.05) is 13.8 Å². The van der Waals surface area contributed by atoms with Gasteiger partial charge in [-0.3, -0.25) is 4.79 Å². The maximum absolute atomic E-state index is 11.8. The minimum absolute atomic E-state index is 0.243. The fourth-order valence-electron chi connectivity index (χ4n) is 2.56. The molecule has 74 valence electrons. The molecule has 2 atom stereocenters. The molecule has 0 aromatic heterocycles. The summed E-state index contributed by atoms with van der Waals surface area (Å²) >= 11 is 2.13. The predicted octanol–water partition coefficient (Wildman–Crippen LogP) is 2.89. The van der Waals surface area contributed by atoms with E-state index in [1.54, 1.807) is 0 Å². The van der Waals surface area contributed by atoms with Crippen molar-refractivity contribution in [3.8, 4) is 0 Å². The van der Waals surface area contributed by atoms with Gasteiger partial charge in [-0.1, -0.05) is 13.8 Å². The minimum atomic E-state index is 0.243. The Morgan fingerprint density at radius 2 is 1.77 bits per heavy atom. The van der Waals surface area contributed by atoms with Crippen molar-refractivity contribution in [2.24, 2.45) is 11.8 Å². The third kappa shape index (κ3) is 1.93. The van der Waals surface area contributed by atoms with Crippen LogP contribution in [0.4, 0.5) is 0 Å². The van der Waals surface area contributed by atoms with Crippen molar-refractivity contribution in [2.45, 2.75) is 50.0 Å². The number of carbonyl (C=O) groups excluding carboxylic acids is 1. The van der Waals surface area contributed by atoms with Crippen molar-refractivity contribution in [3.05, 3.63) is 0 Å². The average Bonchev–Trinajstić information content (AvgIpc) is 2.44. The summed E-state index contributed by atoms with van der Waals surface area (Å²) in [4.78, 5) is 11.8. The van der Waals surface area contributed by atoms with Gasteiger partial charge in [-0.05, 0) is 25.7 Å². The van der Waals surface area contributed by atoms with Crippen molar-refractivity contribution >= 4 is 17.5 Å². The van der Waals surface area contributed by atoms with E-state index in [0.29, 0.717) is 11.7 Å². The monoisotopic (exact) mass is 198 g/mol. The lowest BCUT2D eigenvalue weighted by molar-refractivity contribution is -0.126. The molecule has 13 heavy (non-hydrogen) atoms. The van der Waals surface area contributed by atoms with Crippen LogP contribution < -0.4 is 0 Å². The molecule has 2 aliphatic rings. The predicted molar refractivity (Wildman–Crippen MR) is 57.0 cm³/mol. The van der Waals surface area contributed by atoms with Gasteiger partial charge in [-0.15, -0.1) is 0 Å². The first-order valence-corrected chi connectivity index (χ1v) is 6.30. The van der Waals surface area contributed by atoms with Gasteiger partial charge < -0.3 is 0 Å². The number of thioether (sulfide) groups is 1. The number of ketones is 1. The molecule has 0 radical (unpaired) electrons. The second kappa shape index (κ2) is 3.64. The highest BCUT2D eigenvalue weighted by molar-refractivity contribution is 8.00. The van der Waals surface area contributed by atoms with E-state index >= 15 is 0 Å². The SMILES string of the molecule is CC(C)C(=O)C1CC2CCC(C1)S2. The van der Waals surface area contributed by atoms with Gasteiger partial charge in [0.2, 0.25) is 0 Å². The molecule has 2 aliphatic heterocycles. The molecule has 2 heteroatoms. The molecule has 0 spiro atoms. The summed E-state index contributed by atoms with van der Waals surface area (Å²) in [7, 11) is 0. The van der Waals surface area contributed by atoms with Crippen molar-refractivity contribution in [2.75, 3.05) is 0 Å². The van der Waals surface area contributed by atoms with Crippen LogP contribution in [0.15, 0.2) is 0 Å². The van der Waals surface area contributed by atoms with Crippen LogP contribution in [0.5, 0.6) is 0 Å². The fourth-order valence-corrected chi connectivity index (χ4v) is 4.34. The second-order valence-corrected chi connectivity index (χ2v) is 6.29. The van der Waals surface area contributed by atoms with Gasteiger partial charge in [0.25, 0.3) is 0 Å². The Morgan fingerprint density at radius 1 is 1.23 bits per heavy atom. The summed E-state index contributed by atoms with van der Waals surface area (Å²) in [6.45, 7) is 4.07. The van der Waals surface area contributed by atoms with Crippen LogP contribution in [0.2, 0.25) is 0 Å². The number of rotatable bonds is 2. The number of Topliss-reactive ketones (excluding diaryl/α,β-unsaturated/α-hetero) is 1. The van der Waals surface area contributed by atoms with Gasteiger partial charge in [0.05, 0.1) is 0 Å². The molecule has 2 saturated heterocycles. The van der Waals surface area contributed by atoms with E-state index in [0.717, 1.165) is 23.3 Å². The largest absolute Gasteiger partial charge is 0.299 e. The normalized spacial score (nSPS) is 38.2. The quantitative estimate of drug-likeness (QED) is 0.678. The van der Waals surface area contributed by atoms with E-state index in [-0.39, 0.29) is 5.92 Å². The van der Waals surface area contributed by atoms with Gasteiger partial charge in [0.15, 0.2) is 0 Å². The Balaban J connectivity index is 1.98. The third-order valence-electron chi connectivity index (χ3n) is 3.26. The summed E-state index contributed by atoms with van der Waals surface area (Å²) < 4.78 is 0. The highest BCUT2D eigenvalue weighted by Gasteiger charge is 2.37. The Labute approximate surface area is 84.7 Å². The van der Waals surface area contributed by atoms with Gasteiger partial charge in [-0.25, -0.2) is 0 Å². The molecule has 2 bridgehead atoms. The van der Waals surface area contributed by atoms with Gasteiger partial charge in [0, 0.05) is 22.3 Å². The first-order valence-electron chi connectivity index (χ1n) is 5.36. The van der Waals surface area contributed by atoms with Crippen molar-refractivity contribution in [3.63, 3.8) is 0 Å². The number of fused-ring (bicyclic) bond motifs is 2. The average molecular weight is 198 g/mol. The van der Waals surface area contributed by atoms with Crippen molar-refractivity contribution in [1.29, 1.82) is 0 Å². The lowest BCUT2D eigenvalue weighted by Crippen LogP contribution is -2.27. The molecule has 2 fully saturated rings. The molecular formula is C11H18OS. The number of hydrogen-bond acceptors (Lipinski definition) is 2. The number of hydrogen-bond donors (Lipinski definition) is 0. The standard InChI is InChI=1S/C11H18OS/c1-7(2)11(12)8-5-9-3-4-10(6-8)13-9/h7-10H,3-6H2,1-2H3. The first kappa shape index (κ1) is 9.57. The van der Waals surface area contributed by atoms with E-state index in [2.05, 4.69) is 11.8 Å². The van der Waals surface area contributed by atoms with E-state index in [1.165, 1.54) is 12.8 Å². The Kier molecular flexibility index (Phi) is 2.68. The molecule has 0 aromatic carbocycles. The van der Waals surface area contributed by atoms with E-state index in [4.69, 9.17) is 0 Å². The van der Waals surface area contributed by atoms with Crippen LogP contribution in [0, 0.1) is 11.8 Å². The summed E-state index contributed by atoms with van der Waals surface area (Å²) in [5, 5.41) is 1.62. The van der Waals surface area contributed by atoms with Crippen LogP contribution in [-0.2, 0) is 4.79 Å². The molecule has 2 heterocycles. The third-order valence-corrected chi connectivity index (χ3v) is 4.89. The fraction of sp³-hybridized carbons (Fsp3) is 0.909. The van der Waals surface area contributed by atoms with Gasteiger partial charge in [-0.2, -0.15) is 11.8 Å². The molecule has 0 aliphatic carbocycles.